The van der Waals surface area contributed by atoms with Crippen LogP contribution >= 0.6 is 15.9 Å². The molecule has 0 spiro atoms. The molecule has 1 aliphatic heterocycles. The molecular weight excluding hydrogens is 352 g/mol. The maximum Gasteiger partial charge on any atom is 0.230 e. The molecule has 0 radical (unpaired) electrons. The molecule has 0 aromatic heterocycles. The van der Waals surface area contributed by atoms with Crippen molar-refractivity contribution in [2.75, 3.05) is 19.6 Å². The average Bonchev–Trinajstić information content (AvgIpc) is 3.09. The van der Waals surface area contributed by atoms with Gasteiger partial charge in [-0.1, -0.05) is 47.3 Å². The van der Waals surface area contributed by atoms with Gasteiger partial charge in [-0.25, -0.2) is 0 Å². The number of rotatable bonds is 5. The summed E-state index contributed by atoms with van der Waals surface area (Å²) in [5, 5.41) is 6.65. The van der Waals surface area contributed by atoms with Gasteiger partial charge < -0.3 is 10.6 Å². The van der Waals surface area contributed by atoms with Crippen LogP contribution in [0, 0.1) is 5.92 Å². The smallest absolute Gasteiger partial charge is 0.230 e. The highest BCUT2D eigenvalue weighted by Gasteiger charge is 2.41. The molecule has 1 heterocycles. The van der Waals surface area contributed by atoms with Gasteiger partial charge >= 0.3 is 0 Å². The molecule has 2 aliphatic rings. The SMILES string of the molecule is O=C(NCCC1CCNC1)C1(c2cccc(Br)c2)CCCCC1. The lowest BCUT2D eigenvalue weighted by atomic mass is 9.68. The third kappa shape index (κ3) is 3.97. The number of amides is 1. The van der Waals surface area contributed by atoms with Gasteiger partial charge in [0, 0.05) is 11.0 Å². The van der Waals surface area contributed by atoms with Crippen molar-refractivity contribution in [3.8, 4) is 0 Å². The molecule has 3 rings (SSSR count). The first-order valence-electron chi connectivity index (χ1n) is 8.96. The molecule has 23 heavy (non-hydrogen) atoms. The predicted octanol–water partition coefficient (Wildman–Crippen LogP) is 3.77. The van der Waals surface area contributed by atoms with E-state index in [1.54, 1.807) is 0 Å². The Morgan fingerprint density at radius 1 is 1.30 bits per heavy atom. The number of halogens is 1. The molecule has 126 valence electrons. The second-order valence-electron chi connectivity index (χ2n) is 7.06. The molecule has 3 nitrogen and oxygen atoms in total. The molecule has 1 unspecified atom stereocenters. The zero-order chi connectivity index (χ0) is 16.1. The van der Waals surface area contributed by atoms with E-state index in [-0.39, 0.29) is 11.3 Å². The Bertz CT molecular complexity index is 534. The number of carbonyl (C=O) groups excluding carboxylic acids is 1. The lowest BCUT2D eigenvalue weighted by Crippen LogP contribution is -2.46. The van der Waals surface area contributed by atoms with Crippen LogP contribution in [0.15, 0.2) is 28.7 Å². The van der Waals surface area contributed by atoms with Gasteiger partial charge in [0.25, 0.3) is 0 Å². The fourth-order valence-corrected chi connectivity index (χ4v) is 4.51. The van der Waals surface area contributed by atoms with E-state index < -0.39 is 0 Å². The van der Waals surface area contributed by atoms with Gasteiger partial charge in [-0.2, -0.15) is 0 Å². The summed E-state index contributed by atoms with van der Waals surface area (Å²) in [5.41, 5.74) is 0.849. The van der Waals surface area contributed by atoms with Crippen LogP contribution in [0.4, 0.5) is 0 Å². The van der Waals surface area contributed by atoms with Crippen molar-refractivity contribution >= 4 is 21.8 Å². The van der Waals surface area contributed by atoms with Gasteiger partial charge in [-0.15, -0.1) is 0 Å². The highest BCUT2D eigenvalue weighted by molar-refractivity contribution is 9.10. The van der Waals surface area contributed by atoms with Crippen molar-refractivity contribution in [3.63, 3.8) is 0 Å². The van der Waals surface area contributed by atoms with Gasteiger partial charge in [0.2, 0.25) is 5.91 Å². The summed E-state index contributed by atoms with van der Waals surface area (Å²) in [6, 6.07) is 8.33. The third-order valence-electron chi connectivity index (χ3n) is 5.52. The first-order valence-corrected chi connectivity index (χ1v) is 9.75. The number of benzene rings is 1. The maximum absolute atomic E-state index is 13.1. The molecule has 0 bridgehead atoms. The lowest BCUT2D eigenvalue weighted by Gasteiger charge is -2.36. The van der Waals surface area contributed by atoms with E-state index >= 15 is 0 Å². The summed E-state index contributed by atoms with van der Waals surface area (Å²) >= 11 is 3.56. The van der Waals surface area contributed by atoms with Gasteiger partial charge in [-0.05, 0) is 62.4 Å². The van der Waals surface area contributed by atoms with Crippen LogP contribution in [0.25, 0.3) is 0 Å². The van der Waals surface area contributed by atoms with E-state index in [0.717, 1.165) is 62.1 Å². The molecule has 4 heteroatoms. The van der Waals surface area contributed by atoms with Crippen molar-refractivity contribution in [1.82, 2.24) is 10.6 Å². The van der Waals surface area contributed by atoms with Crippen LogP contribution in [0.1, 0.15) is 50.5 Å². The molecule has 1 aliphatic carbocycles. The highest BCUT2D eigenvalue weighted by Crippen LogP contribution is 2.40. The Labute approximate surface area is 147 Å². The molecule has 1 amide bonds. The van der Waals surface area contributed by atoms with E-state index in [2.05, 4.69) is 38.7 Å². The van der Waals surface area contributed by atoms with Crippen molar-refractivity contribution in [3.05, 3.63) is 34.3 Å². The van der Waals surface area contributed by atoms with Crippen LogP contribution in [0.3, 0.4) is 0 Å². The first kappa shape index (κ1) is 17.0. The van der Waals surface area contributed by atoms with E-state index in [0.29, 0.717) is 0 Å². The molecule has 2 fully saturated rings. The third-order valence-corrected chi connectivity index (χ3v) is 6.01. The normalized spacial score (nSPS) is 23.6. The summed E-state index contributed by atoms with van der Waals surface area (Å²) in [7, 11) is 0. The fraction of sp³-hybridized carbons (Fsp3) is 0.632. The summed E-state index contributed by atoms with van der Waals surface area (Å²) in [6.45, 7) is 3.04. The van der Waals surface area contributed by atoms with E-state index in [9.17, 15) is 4.79 Å². The summed E-state index contributed by atoms with van der Waals surface area (Å²) in [4.78, 5) is 13.1. The summed E-state index contributed by atoms with van der Waals surface area (Å²) < 4.78 is 1.06. The van der Waals surface area contributed by atoms with Crippen LogP contribution < -0.4 is 10.6 Å². The largest absolute Gasteiger partial charge is 0.355 e. The van der Waals surface area contributed by atoms with Crippen molar-refractivity contribution < 1.29 is 4.79 Å². The molecule has 1 aromatic rings. The van der Waals surface area contributed by atoms with Gasteiger partial charge in [0.15, 0.2) is 0 Å². The second kappa shape index (κ2) is 7.80. The van der Waals surface area contributed by atoms with Crippen LogP contribution in [-0.4, -0.2) is 25.5 Å². The van der Waals surface area contributed by atoms with Crippen molar-refractivity contribution in [2.45, 2.75) is 50.4 Å². The van der Waals surface area contributed by atoms with Crippen LogP contribution in [-0.2, 0) is 10.2 Å². The van der Waals surface area contributed by atoms with Crippen molar-refractivity contribution in [2.24, 2.45) is 5.92 Å². The first-order chi connectivity index (χ1) is 11.2. The number of hydrogen-bond acceptors (Lipinski definition) is 2. The Morgan fingerprint density at radius 2 is 2.13 bits per heavy atom. The lowest BCUT2D eigenvalue weighted by molar-refractivity contribution is -0.128. The summed E-state index contributed by atoms with van der Waals surface area (Å²) in [6.07, 6.45) is 7.82. The molecule has 1 saturated carbocycles. The number of carbonyl (C=O) groups is 1. The van der Waals surface area contributed by atoms with Gasteiger partial charge in [0.05, 0.1) is 5.41 Å². The predicted molar refractivity (Wildman–Crippen MR) is 97.5 cm³/mol. The molecule has 1 atom stereocenters. The standard InChI is InChI=1S/C19H27BrN2O/c20-17-6-4-5-16(13-17)19(9-2-1-3-10-19)18(23)22-12-8-15-7-11-21-14-15/h4-6,13,15,21H,1-3,7-12,14H2,(H,22,23). The van der Waals surface area contributed by atoms with Crippen LogP contribution in [0.2, 0.25) is 0 Å². The molecule has 1 saturated heterocycles. The van der Waals surface area contributed by atoms with Crippen LogP contribution in [0.5, 0.6) is 0 Å². The summed E-state index contributed by atoms with van der Waals surface area (Å²) in [5.74, 6) is 0.963. The minimum atomic E-state index is -0.323. The Hall–Kier alpha value is -0.870. The Balaban J connectivity index is 1.68. The molecule has 2 N–H and O–H groups in total. The molecular formula is C19H27BrN2O. The topological polar surface area (TPSA) is 41.1 Å². The fourth-order valence-electron chi connectivity index (χ4n) is 4.11. The monoisotopic (exact) mass is 378 g/mol. The Morgan fingerprint density at radius 3 is 2.83 bits per heavy atom. The minimum Gasteiger partial charge on any atom is -0.355 e. The average molecular weight is 379 g/mol. The quantitative estimate of drug-likeness (QED) is 0.818. The number of hydrogen-bond donors (Lipinski definition) is 2. The maximum atomic E-state index is 13.1. The van der Waals surface area contributed by atoms with Gasteiger partial charge in [0.1, 0.15) is 0 Å². The van der Waals surface area contributed by atoms with E-state index in [1.165, 1.54) is 18.4 Å². The van der Waals surface area contributed by atoms with Crippen molar-refractivity contribution in [1.29, 1.82) is 0 Å². The Kier molecular flexibility index (Phi) is 5.76. The van der Waals surface area contributed by atoms with Gasteiger partial charge in [-0.3, -0.25) is 4.79 Å². The zero-order valence-electron chi connectivity index (χ0n) is 13.7. The van der Waals surface area contributed by atoms with E-state index in [4.69, 9.17) is 0 Å². The van der Waals surface area contributed by atoms with E-state index in [1.807, 2.05) is 12.1 Å². The highest BCUT2D eigenvalue weighted by atomic mass is 79.9. The second-order valence-corrected chi connectivity index (χ2v) is 7.97. The minimum absolute atomic E-state index is 0.237. The molecule has 1 aromatic carbocycles. The zero-order valence-corrected chi connectivity index (χ0v) is 15.3. The number of nitrogens with one attached hydrogen (secondary N) is 2.